The number of nitrogens with zero attached hydrogens (tertiary/aromatic N) is 5. The summed E-state index contributed by atoms with van der Waals surface area (Å²) in [5.41, 5.74) is 6.54. The highest BCUT2D eigenvalue weighted by Crippen LogP contribution is 2.43. The third-order valence-electron chi connectivity index (χ3n) is 14.6. The zero-order valence-electron chi connectivity index (χ0n) is 44.9. The van der Waals surface area contributed by atoms with Crippen molar-refractivity contribution in [1.82, 2.24) is 5.32 Å². The molecule has 0 aromatic heterocycles. The average molecular weight is 1070 g/mol. The van der Waals surface area contributed by atoms with Crippen LogP contribution in [0.25, 0.3) is 0 Å². The Balaban J connectivity index is 1.02. The van der Waals surface area contributed by atoms with E-state index in [1.165, 1.54) is 14.2 Å². The number of ether oxygens (including phenoxy) is 6. The predicted molar refractivity (Wildman–Crippen MR) is 302 cm³/mol. The molecule has 4 heterocycles. The van der Waals surface area contributed by atoms with Crippen LogP contribution in [-0.4, -0.2) is 106 Å². The first kappa shape index (κ1) is 54.6. The molecule has 0 bridgehead atoms. The molecule has 2 atom stereocenters. The Kier molecular flexibility index (Phi) is 16.7. The summed E-state index contributed by atoms with van der Waals surface area (Å²) >= 11 is 4.24. The van der Waals surface area contributed by atoms with E-state index in [0.29, 0.717) is 113 Å². The van der Waals surface area contributed by atoms with Crippen molar-refractivity contribution in [3.63, 3.8) is 0 Å². The Morgan fingerprint density at radius 1 is 0.688 bits per heavy atom. The van der Waals surface area contributed by atoms with Gasteiger partial charge in [0.05, 0.1) is 66.6 Å². The van der Waals surface area contributed by atoms with Crippen LogP contribution in [0, 0.1) is 0 Å². The Hall–Kier alpha value is -7.21. The van der Waals surface area contributed by atoms with E-state index in [-0.39, 0.29) is 73.9 Å². The molecule has 0 spiro atoms. The molecule has 77 heavy (non-hydrogen) atoms. The first-order valence-corrected chi connectivity index (χ1v) is 26.8. The van der Waals surface area contributed by atoms with Crippen LogP contribution in [0.2, 0.25) is 0 Å². The minimum absolute atomic E-state index is 0.0163. The summed E-state index contributed by atoms with van der Waals surface area (Å²) in [6.07, 6.45) is 6.78. The Labute approximate surface area is 456 Å². The van der Waals surface area contributed by atoms with Crippen molar-refractivity contribution in [3.8, 4) is 23.0 Å². The normalized spacial score (nSPS) is 16.1. The van der Waals surface area contributed by atoms with Gasteiger partial charge in [-0.05, 0) is 112 Å². The predicted octanol–water partition coefficient (Wildman–Crippen LogP) is 9.99. The molecular weight excluding hydrogens is 997 g/mol. The number of benzene rings is 5. The van der Waals surface area contributed by atoms with E-state index in [2.05, 4.69) is 17.9 Å². The zero-order chi connectivity index (χ0) is 54.4. The molecule has 0 saturated carbocycles. The lowest BCUT2D eigenvalue weighted by molar-refractivity contribution is -0.122. The number of hydrogen-bond donors (Lipinski definition) is 2. The van der Waals surface area contributed by atoms with Gasteiger partial charge in [0.15, 0.2) is 23.0 Å². The van der Waals surface area contributed by atoms with Crippen molar-refractivity contribution in [3.05, 3.63) is 124 Å². The van der Waals surface area contributed by atoms with Gasteiger partial charge in [0, 0.05) is 93.3 Å². The number of amides is 4. The highest BCUT2D eigenvalue weighted by molar-refractivity contribution is 7.80. The van der Waals surface area contributed by atoms with Crippen LogP contribution in [0.5, 0.6) is 23.0 Å². The van der Waals surface area contributed by atoms with Crippen molar-refractivity contribution in [2.75, 3.05) is 61.5 Å². The van der Waals surface area contributed by atoms with Crippen molar-refractivity contribution in [1.29, 1.82) is 0 Å². The van der Waals surface area contributed by atoms with E-state index in [4.69, 9.17) is 38.4 Å². The average Bonchev–Trinajstić information content (AvgIpc) is 3.93. The van der Waals surface area contributed by atoms with E-state index >= 15 is 0 Å². The second-order valence-electron chi connectivity index (χ2n) is 20.9. The van der Waals surface area contributed by atoms with Crippen LogP contribution in [-0.2, 0) is 45.1 Å². The number of hydrogen-bond acceptors (Lipinski definition) is 13. The molecule has 4 aliphatic rings. The third-order valence-corrected chi connectivity index (χ3v) is 14.8. The Morgan fingerprint density at radius 3 is 1.73 bits per heavy atom. The molecule has 4 amide bonds. The summed E-state index contributed by atoms with van der Waals surface area (Å²) in [7, 11) is 4.73. The molecule has 0 radical (unpaired) electrons. The highest BCUT2D eigenvalue weighted by Gasteiger charge is 2.38. The number of para-hydroxylation sites is 2. The molecule has 4 aliphatic heterocycles. The van der Waals surface area contributed by atoms with E-state index in [9.17, 15) is 19.2 Å². The summed E-state index contributed by atoms with van der Waals surface area (Å²) in [5, 5.41) is 2.88. The van der Waals surface area contributed by atoms with Crippen LogP contribution >= 0.6 is 12.6 Å². The van der Waals surface area contributed by atoms with Crippen molar-refractivity contribution in [2.24, 2.45) is 9.98 Å². The lowest BCUT2D eigenvalue weighted by atomic mass is 10.0. The summed E-state index contributed by atoms with van der Waals surface area (Å²) < 4.78 is 36.8. The SMILES string of the molecule is COc1cc2c(cc1OCc1cc(COc3cc4c(cc3OC)C(=O)N3c5ccccc5CC3C=N4)cc(N(CCCC(=O)NCCS)C(=O)CCC(C)(C)OCCC(C)(C)OC)c1)N=CC1Cc3ccccc3N1C2=O. The number of fused-ring (bicyclic) bond motifs is 8. The number of anilines is 3. The summed E-state index contributed by atoms with van der Waals surface area (Å²) in [6, 6.07) is 27.8. The first-order valence-electron chi connectivity index (χ1n) is 26.2. The van der Waals surface area contributed by atoms with Crippen LogP contribution < -0.4 is 39.0 Å². The molecule has 16 nitrogen and oxygen atoms in total. The fraction of sp³-hybridized carbons (Fsp3) is 0.400. The largest absolute Gasteiger partial charge is 0.493 e. The second kappa shape index (κ2) is 23.6. The third kappa shape index (κ3) is 12.3. The first-order chi connectivity index (χ1) is 37.1. The number of aliphatic imine (C=N–C) groups is 2. The van der Waals surface area contributed by atoms with Gasteiger partial charge in [-0.15, -0.1) is 0 Å². The maximum Gasteiger partial charge on any atom is 0.261 e. The van der Waals surface area contributed by atoms with Gasteiger partial charge in [-0.25, -0.2) is 0 Å². The quantitative estimate of drug-likeness (QED) is 0.0601. The van der Waals surface area contributed by atoms with Crippen LogP contribution in [0.4, 0.5) is 28.4 Å². The Bertz CT molecular complexity index is 2940. The fourth-order valence-corrected chi connectivity index (χ4v) is 10.2. The minimum atomic E-state index is -0.628. The van der Waals surface area contributed by atoms with Gasteiger partial charge in [-0.2, -0.15) is 12.6 Å². The van der Waals surface area contributed by atoms with Crippen molar-refractivity contribution < 1.29 is 47.6 Å². The smallest absolute Gasteiger partial charge is 0.261 e. The fourth-order valence-electron chi connectivity index (χ4n) is 10.1. The maximum atomic E-state index is 14.7. The van der Waals surface area contributed by atoms with Gasteiger partial charge in [0.2, 0.25) is 11.8 Å². The summed E-state index contributed by atoms with van der Waals surface area (Å²) in [6.45, 7) is 9.12. The van der Waals surface area contributed by atoms with Crippen LogP contribution in [0.1, 0.15) is 103 Å². The molecular formula is C60H68N6O10S. The number of nitrogens with one attached hydrogen (secondary N) is 1. The lowest BCUT2D eigenvalue weighted by Gasteiger charge is -2.30. The van der Waals surface area contributed by atoms with E-state index in [1.807, 2.05) is 107 Å². The monoisotopic (exact) mass is 1060 g/mol. The number of rotatable bonds is 23. The van der Waals surface area contributed by atoms with E-state index in [1.54, 1.807) is 46.1 Å². The molecule has 5 aromatic rings. The standard InChI is InChI=1S/C60H68N6O10S/c1-59(2,73-7)20-23-76-60(3,4)19-18-56(68)64(22-12-17-55(67)61-21-24-77)42-26-38(36-74-53-32-47-45(30-51(53)71-5)57(69)65-43(34-62-47)28-40-13-8-10-15-49(40)65)25-39(27-42)37-75-54-33-48-46(31-52(54)72-6)58(70)66-44(35-63-48)29-41-14-9-11-16-50(41)66/h8-11,13-16,25-27,30-35,43-44,77H,12,17-24,28-29,36-37H2,1-7H3,(H,61,67). The molecule has 404 valence electrons. The van der Waals surface area contributed by atoms with Gasteiger partial charge in [-0.3, -0.25) is 39.0 Å². The summed E-state index contributed by atoms with van der Waals surface area (Å²) in [4.78, 5) is 70.9. The van der Waals surface area contributed by atoms with Crippen molar-refractivity contribution in [2.45, 2.75) is 109 Å². The topological polar surface area (TPSA) is 170 Å². The molecule has 0 fully saturated rings. The van der Waals surface area contributed by atoms with Gasteiger partial charge < -0.3 is 38.6 Å². The maximum absolute atomic E-state index is 14.7. The highest BCUT2D eigenvalue weighted by atomic mass is 32.1. The van der Waals surface area contributed by atoms with Crippen LogP contribution in [0.15, 0.2) is 101 Å². The van der Waals surface area contributed by atoms with Crippen molar-refractivity contribution >= 4 is 77.1 Å². The molecule has 1 N–H and O–H groups in total. The molecule has 9 rings (SSSR count). The second-order valence-corrected chi connectivity index (χ2v) is 21.3. The number of carbonyl (C=O) groups excluding carboxylic acids is 4. The van der Waals surface area contributed by atoms with E-state index in [0.717, 1.165) is 22.5 Å². The molecule has 0 saturated heterocycles. The van der Waals surface area contributed by atoms with Crippen LogP contribution in [0.3, 0.4) is 0 Å². The van der Waals surface area contributed by atoms with Gasteiger partial charge in [0.25, 0.3) is 11.8 Å². The lowest BCUT2D eigenvalue weighted by Crippen LogP contribution is -2.37. The number of carbonyl (C=O) groups is 4. The molecule has 5 aromatic carbocycles. The van der Waals surface area contributed by atoms with Gasteiger partial charge >= 0.3 is 0 Å². The molecule has 2 unspecified atom stereocenters. The van der Waals surface area contributed by atoms with Gasteiger partial charge in [-0.1, -0.05) is 36.4 Å². The van der Waals surface area contributed by atoms with E-state index < -0.39 is 5.60 Å². The summed E-state index contributed by atoms with van der Waals surface area (Å²) in [5.74, 6) is 1.29. The molecule has 17 heteroatoms. The van der Waals surface area contributed by atoms with Gasteiger partial charge in [0.1, 0.15) is 13.2 Å². The minimum Gasteiger partial charge on any atom is -0.493 e. The number of thiol groups is 1. The molecule has 0 aliphatic carbocycles. The number of methoxy groups -OCH3 is 3. The Morgan fingerprint density at radius 2 is 1.22 bits per heavy atom. The zero-order valence-corrected chi connectivity index (χ0v) is 45.8.